The number of nitrogens with zero attached hydrogens (tertiary/aromatic N) is 3. The number of aromatic nitrogens is 3. The molecule has 0 aliphatic heterocycles. The third-order valence-corrected chi connectivity index (χ3v) is 3.53. The van der Waals surface area contributed by atoms with Crippen molar-refractivity contribution in [2.45, 2.75) is 46.3 Å². The van der Waals surface area contributed by atoms with E-state index in [1.165, 1.54) is 0 Å². The molecule has 1 atom stereocenters. The number of aliphatic hydroxyl groups is 1. The Morgan fingerprint density at radius 1 is 1.29 bits per heavy atom. The third kappa shape index (κ3) is 3.42. The number of methoxy groups -OCH3 is 1. The summed E-state index contributed by atoms with van der Waals surface area (Å²) in [6, 6.07) is 5.74. The SMILES string of the molecule is CCc1nc(CC)n(Cc2cc(C(C)O)ccc2OC)n1. The first-order valence-electron chi connectivity index (χ1n) is 7.36. The Bertz CT molecular complexity index is 606. The fraction of sp³-hybridized carbons (Fsp3) is 0.500. The highest BCUT2D eigenvalue weighted by Gasteiger charge is 2.12. The topological polar surface area (TPSA) is 60.2 Å². The van der Waals surface area contributed by atoms with Crippen LogP contribution in [0.5, 0.6) is 5.75 Å². The van der Waals surface area contributed by atoms with Crippen LogP contribution in [0.15, 0.2) is 18.2 Å². The summed E-state index contributed by atoms with van der Waals surface area (Å²) in [5, 5.41) is 14.3. The first-order valence-corrected chi connectivity index (χ1v) is 7.36. The van der Waals surface area contributed by atoms with Crippen LogP contribution < -0.4 is 4.74 Å². The van der Waals surface area contributed by atoms with Gasteiger partial charge in [0.05, 0.1) is 19.8 Å². The van der Waals surface area contributed by atoms with Gasteiger partial charge in [-0.25, -0.2) is 9.67 Å². The van der Waals surface area contributed by atoms with Gasteiger partial charge in [0.25, 0.3) is 0 Å². The molecule has 1 N–H and O–H groups in total. The number of aryl methyl sites for hydroxylation is 2. The highest BCUT2D eigenvalue weighted by atomic mass is 16.5. The van der Waals surface area contributed by atoms with Gasteiger partial charge in [-0.05, 0) is 24.6 Å². The average molecular weight is 289 g/mol. The maximum absolute atomic E-state index is 9.75. The van der Waals surface area contributed by atoms with Crippen LogP contribution in [0.4, 0.5) is 0 Å². The first kappa shape index (κ1) is 15.5. The molecule has 2 rings (SSSR count). The van der Waals surface area contributed by atoms with Crippen LogP contribution in [0.25, 0.3) is 0 Å². The van der Waals surface area contributed by atoms with Gasteiger partial charge in [-0.1, -0.05) is 19.9 Å². The lowest BCUT2D eigenvalue weighted by Gasteiger charge is -2.13. The lowest BCUT2D eigenvalue weighted by Crippen LogP contribution is -2.08. The largest absolute Gasteiger partial charge is 0.496 e. The summed E-state index contributed by atoms with van der Waals surface area (Å²) in [5.74, 6) is 2.63. The Balaban J connectivity index is 2.37. The second-order valence-electron chi connectivity index (χ2n) is 5.06. The maximum atomic E-state index is 9.75. The molecule has 1 aromatic heterocycles. The normalized spacial score (nSPS) is 12.4. The van der Waals surface area contributed by atoms with Crippen molar-refractivity contribution in [1.82, 2.24) is 14.8 Å². The molecule has 114 valence electrons. The predicted molar refractivity (Wildman–Crippen MR) is 81.5 cm³/mol. The summed E-state index contributed by atoms with van der Waals surface area (Å²) in [5.41, 5.74) is 1.87. The van der Waals surface area contributed by atoms with Crippen molar-refractivity contribution in [1.29, 1.82) is 0 Å². The Hall–Kier alpha value is -1.88. The monoisotopic (exact) mass is 289 g/mol. The molecule has 0 aliphatic carbocycles. The summed E-state index contributed by atoms with van der Waals surface area (Å²) in [6.45, 7) is 6.48. The van der Waals surface area contributed by atoms with Crippen LogP contribution >= 0.6 is 0 Å². The molecule has 0 bridgehead atoms. The van der Waals surface area contributed by atoms with E-state index in [-0.39, 0.29) is 0 Å². The molecular formula is C16H23N3O2. The van der Waals surface area contributed by atoms with Crippen LogP contribution in [0.1, 0.15) is 49.7 Å². The number of benzene rings is 1. The van der Waals surface area contributed by atoms with Gasteiger partial charge in [0, 0.05) is 18.4 Å². The van der Waals surface area contributed by atoms with E-state index in [4.69, 9.17) is 4.74 Å². The van der Waals surface area contributed by atoms with Gasteiger partial charge in [-0.3, -0.25) is 0 Å². The number of rotatable bonds is 6. The fourth-order valence-corrected chi connectivity index (χ4v) is 2.31. The average Bonchev–Trinajstić information content (AvgIpc) is 2.89. The first-order chi connectivity index (χ1) is 10.1. The summed E-state index contributed by atoms with van der Waals surface area (Å²) < 4.78 is 7.33. The second kappa shape index (κ2) is 6.72. The molecule has 0 aliphatic rings. The molecule has 1 unspecified atom stereocenters. The Morgan fingerprint density at radius 3 is 2.62 bits per heavy atom. The standard InChI is InChI=1S/C16H23N3O2/c1-5-15-17-16(6-2)19(18-15)10-13-9-12(11(3)20)7-8-14(13)21-4/h7-9,11,20H,5-6,10H2,1-4H3. The van der Waals surface area contributed by atoms with Crippen molar-refractivity contribution in [2.24, 2.45) is 0 Å². The number of hydrogen-bond donors (Lipinski definition) is 1. The van der Waals surface area contributed by atoms with E-state index in [0.717, 1.165) is 41.4 Å². The Labute approximate surface area is 125 Å². The molecule has 1 aromatic carbocycles. The van der Waals surface area contributed by atoms with Crippen LogP contribution in [-0.2, 0) is 19.4 Å². The van der Waals surface area contributed by atoms with Crippen molar-refractivity contribution in [3.05, 3.63) is 41.0 Å². The van der Waals surface area contributed by atoms with Crippen LogP contribution in [0, 0.1) is 0 Å². The van der Waals surface area contributed by atoms with E-state index in [1.54, 1.807) is 14.0 Å². The summed E-state index contributed by atoms with van der Waals surface area (Å²) in [7, 11) is 1.65. The summed E-state index contributed by atoms with van der Waals surface area (Å²) in [6.07, 6.45) is 1.17. The van der Waals surface area contributed by atoms with Crippen molar-refractivity contribution in [2.75, 3.05) is 7.11 Å². The summed E-state index contributed by atoms with van der Waals surface area (Å²) >= 11 is 0. The van der Waals surface area contributed by atoms with Crippen LogP contribution in [-0.4, -0.2) is 27.0 Å². The second-order valence-corrected chi connectivity index (χ2v) is 5.06. The number of ether oxygens (including phenoxy) is 1. The number of aliphatic hydroxyl groups excluding tert-OH is 1. The zero-order chi connectivity index (χ0) is 15.4. The molecule has 1 heterocycles. The quantitative estimate of drug-likeness (QED) is 0.887. The lowest BCUT2D eigenvalue weighted by molar-refractivity contribution is 0.199. The molecule has 0 fully saturated rings. The predicted octanol–water partition coefficient (Wildman–Crippen LogP) is 2.51. The van der Waals surface area contributed by atoms with Gasteiger partial charge in [0.15, 0.2) is 5.82 Å². The minimum Gasteiger partial charge on any atom is -0.496 e. The van der Waals surface area contributed by atoms with E-state index in [1.807, 2.05) is 29.8 Å². The Morgan fingerprint density at radius 2 is 2.05 bits per heavy atom. The molecule has 0 amide bonds. The molecule has 21 heavy (non-hydrogen) atoms. The van der Waals surface area contributed by atoms with Crippen molar-refractivity contribution in [3.8, 4) is 5.75 Å². The van der Waals surface area contributed by atoms with Gasteiger partial charge in [-0.2, -0.15) is 5.10 Å². The van der Waals surface area contributed by atoms with Crippen molar-refractivity contribution in [3.63, 3.8) is 0 Å². The van der Waals surface area contributed by atoms with E-state index >= 15 is 0 Å². The molecular weight excluding hydrogens is 266 g/mol. The highest BCUT2D eigenvalue weighted by Crippen LogP contribution is 2.24. The van der Waals surface area contributed by atoms with Crippen molar-refractivity contribution < 1.29 is 9.84 Å². The van der Waals surface area contributed by atoms with Gasteiger partial charge >= 0.3 is 0 Å². The minimum absolute atomic E-state index is 0.498. The Kier molecular flexibility index (Phi) is 4.96. The molecule has 0 saturated heterocycles. The zero-order valence-electron chi connectivity index (χ0n) is 13.1. The molecule has 5 nitrogen and oxygen atoms in total. The van der Waals surface area contributed by atoms with E-state index in [0.29, 0.717) is 6.54 Å². The van der Waals surface area contributed by atoms with Gasteiger partial charge in [0.1, 0.15) is 11.6 Å². The molecule has 2 aromatic rings. The van der Waals surface area contributed by atoms with Gasteiger partial charge in [0.2, 0.25) is 0 Å². The highest BCUT2D eigenvalue weighted by molar-refractivity contribution is 5.38. The maximum Gasteiger partial charge on any atom is 0.150 e. The van der Waals surface area contributed by atoms with E-state index in [9.17, 15) is 5.11 Å². The zero-order valence-corrected chi connectivity index (χ0v) is 13.1. The molecule has 0 saturated carbocycles. The molecule has 5 heteroatoms. The molecule has 0 spiro atoms. The van der Waals surface area contributed by atoms with Crippen LogP contribution in [0.2, 0.25) is 0 Å². The third-order valence-electron chi connectivity index (χ3n) is 3.53. The van der Waals surface area contributed by atoms with E-state index in [2.05, 4.69) is 17.0 Å². The smallest absolute Gasteiger partial charge is 0.150 e. The lowest BCUT2D eigenvalue weighted by atomic mass is 10.1. The minimum atomic E-state index is -0.498. The number of hydrogen-bond acceptors (Lipinski definition) is 4. The summed E-state index contributed by atoms with van der Waals surface area (Å²) in [4.78, 5) is 4.52. The van der Waals surface area contributed by atoms with E-state index < -0.39 is 6.10 Å². The molecule has 0 radical (unpaired) electrons. The van der Waals surface area contributed by atoms with Crippen LogP contribution in [0.3, 0.4) is 0 Å². The van der Waals surface area contributed by atoms with Crippen molar-refractivity contribution >= 4 is 0 Å². The fourth-order valence-electron chi connectivity index (χ4n) is 2.31. The van der Waals surface area contributed by atoms with Gasteiger partial charge in [-0.15, -0.1) is 0 Å². The van der Waals surface area contributed by atoms with Gasteiger partial charge < -0.3 is 9.84 Å².